The molecule has 3 rings (SSSR count). The van der Waals surface area contributed by atoms with Gasteiger partial charge in [0, 0.05) is 29.6 Å². The maximum absolute atomic E-state index is 13.2. The summed E-state index contributed by atoms with van der Waals surface area (Å²) in [6, 6.07) is 5.85. The number of nitrogens with one attached hydrogen (secondary N) is 2. The Labute approximate surface area is 182 Å². The number of urea groups is 1. The lowest BCUT2D eigenvalue weighted by atomic mass is 9.96. The van der Waals surface area contributed by atoms with E-state index in [1.807, 2.05) is 24.3 Å². The number of aromatic nitrogens is 2. The fraction of sp³-hybridized carbons (Fsp3) is 0.400. The monoisotopic (exact) mass is 478 g/mol. The molecule has 0 unspecified atom stereocenters. The number of methoxy groups -OCH3 is 2. The fourth-order valence-electron chi connectivity index (χ4n) is 3.47. The second-order valence-corrected chi connectivity index (χ2v) is 7.72. The van der Waals surface area contributed by atoms with Crippen LogP contribution in [0.25, 0.3) is 0 Å². The summed E-state index contributed by atoms with van der Waals surface area (Å²) >= 11 is 3.43. The van der Waals surface area contributed by atoms with E-state index in [0.29, 0.717) is 13.0 Å². The number of carbonyl (C=O) groups is 3. The lowest BCUT2D eigenvalue weighted by Crippen LogP contribution is -2.51. The molecule has 9 nitrogen and oxygen atoms in total. The van der Waals surface area contributed by atoms with Crippen molar-refractivity contribution >= 4 is 33.9 Å². The predicted molar refractivity (Wildman–Crippen MR) is 111 cm³/mol. The average Bonchev–Trinajstić information content (AvgIpc) is 3.24. The van der Waals surface area contributed by atoms with Crippen molar-refractivity contribution in [3.8, 4) is 0 Å². The van der Waals surface area contributed by atoms with Gasteiger partial charge in [-0.05, 0) is 24.1 Å². The van der Waals surface area contributed by atoms with Crippen LogP contribution in [-0.2, 0) is 25.5 Å². The number of ether oxygens (including phenoxy) is 2. The van der Waals surface area contributed by atoms with E-state index in [2.05, 4.69) is 36.0 Å². The highest BCUT2D eigenvalue weighted by Gasteiger charge is 2.35. The highest BCUT2D eigenvalue weighted by molar-refractivity contribution is 9.10. The van der Waals surface area contributed by atoms with Crippen molar-refractivity contribution in [3.05, 3.63) is 52.0 Å². The molecule has 0 saturated carbocycles. The molecule has 0 spiro atoms. The topological polar surface area (TPSA) is 114 Å². The molecule has 1 aromatic heterocycles. The van der Waals surface area contributed by atoms with Gasteiger partial charge in [-0.25, -0.2) is 14.6 Å². The summed E-state index contributed by atoms with van der Waals surface area (Å²) in [7, 11) is 2.51. The zero-order valence-corrected chi connectivity index (χ0v) is 18.3. The molecule has 160 valence electrons. The van der Waals surface area contributed by atoms with Gasteiger partial charge in [0.05, 0.1) is 26.2 Å². The SMILES string of the molecule is COC(=O)CC[C@@H](NC(=O)N1CCc2[nH]cnc2[C@@H]1c1ccc(Br)cc1)C(=O)OC. The Morgan fingerprint density at radius 3 is 2.67 bits per heavy atom. The normalized spacial score (nSPS) is 16.4. The first-order valence-corrected chi connectivity index (χ1v) is 10.2. The van der Waals surface area contributed by atoms with Gasteiger partial charge in [0.2, 0.25) is 0 Å². The Balaban J connectivity index is 1.84. The van der Waals surface area contributed by atoms with E-state index in [0.717, 1.165) is 21.4 Å². The number of halogens is 1. The summed E-state index contributed by atoms with van der Waals surface area (Å²) in [6.45, 7) is 0.437. The van der Waals surface area contributed by atoms with Crippen LogP contribution in [-0.4, -0.2) is 59.6 Å². The van der Waals surface area contributed by atoms with Crippen molar-refractivity contribution in [1.82, 2.24) is 20.2 Å². The Morgan fingerprint density at radius 2 is 2.00 bits per heavy atom. The van der Waals surface area contributed by atoms with E-state index in [-0.39, 0.29) is 12.8 Å². The van der Waals surface area contributed by atoms with Gasteiger partial charge in [-0.15, -0.1) is 0 Å². The Bertz CT molecular complexity index is 914. The number of H-pyrrole nitrogens is 1. The predicted octanol–water partition coefficient (Wildman–Crippen LogP) is 2.32. The number of aromatic amines is 1. The van der Waals surface area contributed by atoms with Gasteiger partial charge in [-0.2, -0.15) is 0 Å². The van der Waals surface area contributed by atoms with E-state index >= 15 is 0 Å². The molecule has 10 heteroatoms. The minimum absolute atomic E-state index is 0.0177. The van der Waals surface area contributed by atoms with E-state index in [1.165, 1.54) is 14.2 Å². The van der Waals surface area contributed by atoms with Gasteiger partial charge in [0.1, 0.15) is 12.1 Å². The zero-order valence-electron chi connectivity index (χ0n) is 16.7. The van der Waals surface area contributed by atoms with Crippen LogP contribution in [0.4, 0.5) is 4.79 Å². The Kier molecular flexibility index (Phi) is 7.09. The van der Waals surface area contributed by atoms with Gasteiger partial charge in [-0.3, -0.25) is 4.79 Å². The number of imidazole rings is 1. The van der Waals surface area contributed by atoms with Crippen molar-refractivity contribution in [2.24, 2.45) is 0 Å². The highest BCUT2D eigenvalue weighted by Crippen LogP contribution is 2.34. The summed E-state index contributed by atoms with van der Waals surface area (Å²) in [5, 5.41) is 2.71. The molecule has 0 fully saturated rings. The molecule has 1 aromatic carbocycles. The van der Waals surface area contributed by atoms with Gasteiger partial charge in [0.15, 0.2) is 0 Å². The number of fused-ring (bicyclic) bond motifs is 1. The van der Waals surface area contributed by atoms with Crippen LogP contribution in [0.1, 0.15) is 35.8 Å². The van der Waals surface area contributed by atoms with Gasteiger partial charge in [-0.1, -0.05) is 28.1 Å². The van der Waals surface area contributed by atoms with Crippen LogP contribution in [0, 0.1) is 0 Å². The third-order valence-corrected chi connectivity index (χ3v) is 5.55. The van der Waals surface area contributed by atoms with E-state index in [9.17, 15) is 14.4 Å². The second-order valence-electron chi connectivity index (χ2n) is 6.80. The van der Waals surface area contributed by atoms with Gasteiger partial charge < -0.3 is 24.7 Å². The van der Waals surface area contributed by atoms with Crippen molar-refractivity contribution < 1.29 is 23.9 Å². The minimum Gasteiger partial charge on any atom is -0.469 e. The first kappa shape index (κ1) is 21.8. The van der Waals surface area contributed by atoms with Gasteiger partial charge >= 0.3 is 18.0 Å². The van der Waals surface area contributed by atoms with Crippen LogP contribution >= 0.6 is 15.9 Å². The second kappa shape index (κ2) is 9.75. The Morgan fingerprint density at radius 1 is 1.27 bits per heavy atom. The van der Waals surface area contributed by atoms with Crippen molar-refractivity contribution in [2.45, 2.75) is 31.3 Å². The molecule has 2 atom stereocenters. The molecule has 1 aliphatic heterocycles. The first-order valence-electron chi connectivity index (χ1n) is 9.44. The maximum Gasteiger partial charge on any atom is 0.328 e. The fourth-order valence-corrected chi connectivity index (χ4v) is 3.73. The largest absolute Gasteiger partial charge is 0.469 e. The third kappa shape index (κ3) is 4.81. The van der Waals surface area contributed by atoms with Crippen molar-refractivity contribution in [1.29, 1.82) is 0 Å². The molecule has 2 heterocycles. The molecule has 2 aromatic rings. The maximum atomic E-state index is 13.2. The van der Waals surface area contributed by atoms with Crippen LogP contribution in [0.2, 0.25) is 0 Å². The Hall–Kier alpha value is -2.88. The van der Waals surface area contributed by atoms with Crippen LogP contribution in [0.5, 0.6) is 0 Å². The number of amides is 2. The molecule has 0 aliphatic carbocycles. The number of esters is 2. The van der Waals surface area contributed by atoms with E-state index < -0.39 is 30.1 Å². The smallest absolute Gasteiger partial charge is 0.328 e. The van der Waals surface area contributed by atoms with E-state index in [1.54, 1.807) is 11.2 Å². The number of hydrogen-bond donors (Lipinski definition) is 2. The van der Waals surface area contributed by atoms with Crippen molar-refractivity contribution in [2.75, 3.05) is 20.8 Å². The van der Waals surface area contributed by atoms with Crippen LogP contribution in [0.3, 0.4) is 0 Å². The lowest BCUT2D eigenvalue weighted by molar-refractivity contribution is -0.144. The molecule has 0 radical (unpaired) electrons. The first-order chi connectivity index (χ1) is 14.4. The van der Waals surface area contributed by atoms with Crippen molar-refractivity contribution in [3.63, 3.8) is 0 Å². The summed E-state index contributed by atoms with van der Waals surface area (Å²) in [6.07, 6.45) is 2.29. The average molecular weight is 479 g/mol. The number of carbonyl (C=O) groups excluding carboxylic acids is 3. The summed E-state index contributed by atoms with van der Waals surface area (Å²) < 4.78 is 10.3. The number of rotatable bonds is 6. The number of nitrogens with zero attached hydrogens (tertiary/aromatic N) is 2. The molecular weight excluding hydrogens is 456 g/mol. The molecule has 30 heavy (non-hydrogen) atoms. The number of hydrogen-bond acceptors (Lipinski definition) is 6. The van der Waals surface area contributed by atoms with Crippen LogP contribution < -0.4 is 5.32 Å². The molecule has 0 saturated heterocycles. The standard InChI is InChI=1S/C20H23BrN4O5/c1-29-16(26)8-7-15(19(27)30-2)24-20(28)25-10-9-14-17(23-11-22-14)18(25)12-3-5-13(21)6-4-12/h3-6,11,15,18H,7-10H2,1-2H3,(H,22,23)(H,24,28)/t15-,18+/m1/s1. The molecular formula is C20H23BrN4O5. The molecule has 2 amide bonds. The summed E-state index contributed by atoms with van der Waals surface area (Å²) in [5.74, 6) is -1.09. The molecule has 1 aliphatic rings. The quantitative estimate of drug-likeness (QED) is 0.615. The summed E-state index contributed by atoms with van der Waals surface area (Å²) in [4.78, 5) is 46.0. The summed E-state index contributed by atoms with van der Waals surface area (Å²) in [5.41, 5.74) is 2.63. The van der Waals surface area contributed by atoms with Gasteiger partial charge in [0.25, 0.3) is 0 Å². The number of benzene rings is 1. The molecule has 2 N–H and O–H groups in total. The highest BCUT2D eigenvalue weighted by atomic mass is 79.9. The van der Waals surface area contributed by atoms with Crippen LogP contribution in [0.15, 0.2) is 35.1 Å². The van der Waals surface area contributed by atoms with E-state index in [4.69, 9.17) is 4.74 Å². The lowest BCUT2D eigenvalue weighted by Gasteiger charge is -2.36. The third-order valence-electron chi connectivity index (χ3n) is 5.02. The molecule has 0 bridgehead atoms. The zero-order chi connectivity index (χ0) is 21.7. The minimum atomic E-state index is -0.965.